The van der Waals surface area contributed by atoms with Gasteiger partial charge in [-0.3, -0.25) is 9.69 Å². The first-order valence-corrected chi connectivity index (χ1v) is 7.89. The van der Waals surface area contributed by atoms with Crippen LogP contribution in [0.25, 0.3) is 0 Å². The van der Waals surface area contributed by atoms with Crippen LogP contribution in [0, 0.1) is 11.8 Å². The van der Waals surface area contributed by atoms with Gasteiger partial charge in [0.1, 0.15) is 5.78 Å². The Morgan fingerprint density at radius 1 is 1.46 bits per heavy atom. The molecular weight excluding hydrogens is 302 g/mol. The summed E-state index contributed by atoms with van der Waals surface area (Å²) in [6.07, 6.45) is -8.26. The second kappa shape index (κ2) is 7.14. The topological polar surface area (TPSA) is 38.8 Å². The minimum absolute atomic E-state index is 0.254. The molecule has 2 aliphatic rings. The van der Waals surface area contributed by atoms with E-state index in [4.69, 9.17) is 23.2 Å². The summed E-state index contributed by atoms with van der Waals surface area (Å²) < 4.78 is 92.9. The Bertz CT molecular complexity index is 959. The minimum atomic E-state index is -3.42. The summed E-state index contributed by atoms with van der Waals surface area (Å²) in [5.74, 6) is -5.58. The van der Waals surface area contributed by atoms with Gasteiger partial charge in [0.25, 0.3) is 0 Å². The molecule has 24 heavy (non-hydrogen) atoms. The highest BCUT2D eigenvalue weighted by Crippen LogP contribution is 2.42. The van der Waals surface area contributed by atoms with Crippen molar-refractivity contribution >= 4 is 5.78 Å². The molecule has 0 amide bonds. The predicted molar refractivity (Wildman–Crippen MR) is 94.8 cm³/mol. The molecule has 3 unspecified atom stereocenters. The van der Waals surface area contributed by atoms with Gasteiger partial charge in [-0.15, -0.1) is 0 Å². The van der Waals surface area contributed by atoms with E-state index in [9.17, 15) is 4.79 Å². The number of fused-ring (bicyclic) bond motifs is 3. The average Bonchev–Trinajstić information content (AvgIpc) is 2.72. The summed E-state index contributed by atoms with van der Waals surface area (Å²) in [5.41, 5.74) is 1.24. The number of methoxy groups -OCH3 is 2. The van der Waals surface area contributed by atoms with Gasteiger partial charge in [-0.05, 0) is 41.9 Å². The maximum atomic E-state index is 13.4. The number of benzene rings is 1. The van der Waals surface area contributed by atoms with Crippen LogP contribution in [0.1, 0.15) is 63.8 Å². The zero-order valence-electron chi connectivity index (χ0n) is 24.1. The van der Waals surface area contributed by atoms with Crippen molar-refractivity contribution in [1.29, 1.82) is 0 Å². The summed E-state index contributed by atoms with van der Waals surface area (Å²) in [6.45, 7) is -2.72. The average molecular weight is 342 g/mol. The first-order valence-electron chi connectivity index (χ1n) is 12.9. The lowest BCUT2D eigenvalue weighted by atomic mass is 9.79. The second-order valence-corrected chi connectivity index (χ2v) is 5.88. The van der Waals surface area contributed by atoms with Crippen molar-refractivity contribution < 1.29 is 28.0 Å². The van der Waals surface area contributed by atoms with E-state index in [1.807, 2.05) is 0 Å². The van der Waals surface area contributed by atoms with Crippen molar-refractivity contribution in [3.63, 3.8) is 0 Å². The highest BCUT2D eigenvalue weighted by molar-refractivity contribution is 5.83. The lowest BCUT2D eigenvalue weighted by Crippen LogP contribution is -2.46. The van der Waals surface area contributed by atoms with Crippen molar-refractivity contribution in [3.8, 4) is 11.5 Å². The van der Waals surface area contributed by atoms with Crippen molar-refractivity contribution in [1.82, 2.24) is 4.90 Å². The molecule has 2 aliphatic heterocycles. The lowest BCUT2D eigenvalue weighted by molar-refractivity contribution is -0.129. The summed E-state index contributed by atoms with van der Waals surface area (Å²) in [5, 5.41) is 0. The molecule has 1 aromatic rings. The van der Waals surface area contributed by atoms with Crippen molar-refractivity contribution in [2.45, 2.75) is 45.4 Å². The zero-order valence-corrected chi connectivity index (χ0v) is 14.1. The smallest absolute Gasteiger partial charge is 0.161 e. The van der Waals surface area contributed by atoms with Crippen LogP contribution in [0.4, 0.5) is 0 Å². The van der Waals surface area contributed by atoms with E-state index in [0.717, 1.165) is 12.5 Å². The van der Waals surface area contributed by atoms with E-state index >= 15 is 0 Å². The number of hydrogen-bond donors (Lipinski definition) is 0. The molecule has 0 aromatic heterocycles. The summed E-state index contributed by atoms with van der Waals surface area (Å²) >= 11 is 0. The van der Waals surface area contributed by atoms with Crippen LogP contribution in [-0.2, 0) is 11.2 Å². The van der Waals surface area contributed by atoms with Crippen molar-refractivity contribution in [2.75, 3.05) is 27.3 Å². The molecule has 2 heterocycles. The van der Waals surface area contributed by atoms with Crippen molar-refractivity contribution in [2.24, 2.45) is 11.8 Å². The van der Waals surface area contributed by atoms with E-state index in [0.29, 0.717) is 23.5 Å². The molecule has 0 spiro atoms. The first-order chi connectivity index (χ1) is 15.4. The zero-order chi connectivity index (χ0) is 26.1. The second-order valence-electron chi connectivity index (χ2n) is 5.88. The molecule has 1 saturated heterocycles. The monoisotopic (exact) mass is 341 g/mol. The Kier molecular flexibility index (Phi) is 2.59. The molecular formula is C20H29NO3. The Balaban J connectivity index is 2.12. The summed E-state index contributed by atoms with van der Waals surface area (Å²) in [7, 11) is 2.90. The number of hydrogen-bond acceptors (Lipinski definition) is 4. The quantitative estimate of drug-likeness (QED) is 0.820. The molecule has 3 atom stereocenters. The number of ketones is 1. The minimum Gasteiger partial charge on any atom is -0.493 e. The molecule has 4 nitrogen and oxygen atoms in total. The van der Waals surface area contributed by atoms with E-state index in [1.54, 1.807) is 17.0 Å². The number of rotatable bonds is 5. The van der Waals surface area contributed by atoms with Crippen LogP contribution in [0.15, 0.2) is 12.1 Å². The van der Waals surface area contributed by atoms with Gasteiger partial charge in [0.2, 0.25) is 0 Å². The third-order valence-corrected chi connectivity index (χ3v) is 4.55. The van der Waals surface area contributed by atoms with Gasteiger partial charge in [-0.1, -0.05) is 20.1 Å². The maximum absolute atomic E-state index is 13.4. The van der Waals surface area contributed by atoms with Crippen LogP contribution >= 0.6 is 0 Å². The summed E-state index contributed by atoms with van der Waals surface area (Å²) in [4.78, 5) is 15.0. The molecule has 0 saturated carbocycles. The normalized spacial score (nSPS) is 36.2. The fourth-order valence-corrected chi connectivity index (χ4v) is 3.27. The summed E-state index contributed by atoms with van der Waals surface area (Å²) in [6, 6.07) is 2.22. The van der Waals surface area contributed by atoms with Gasteiger partial charge in [0.05, 0.1) is 14.2 Å². The van der Waals surface area contributed by atoms with Crippen LogP contribution in [0.2, 0.25) is 0 Å². The number of Topliss-reactive ketones (excluding diaryl/α,β-unsaturated/α-hetero) is 1. The van der Waals surface area contributed by atoms with Gasteiger partial charge in [-0.25, -0.2) is 0 Å². The van der Waals surface area contributed by atoms with Gasteiger partial charge >= 0.3 is 0 Å². The van der Waals surface area contributed by atoms with Gasteiger partial charge < -0.3 is 9.47 Å². The van der Waals surface area contributed by atoms with Crippen LogP contribution in [0.5, 0.6) is 11.5 Å². The number of ether oxygens (including phenoxy) is 2. The number of carbonyl (C=O) groups excluding carboxylic acids is 1. The van der Waals surface area contributed by atoms with Crippen LogP contribution < -0.4 is 9.47 Å². The number of carbonyl (C=O) groups is 1. The molecule has 132 valence electrons. The van der Waals surface area contributed by atoms with Gasteiger partial charge in [-0.2, -0.15) is 0 Å². The number of nitrogens with zero attached hydrogens (tertiary/aromatic N) is 1. The largest absolute Gasteiger partial charge is 0.493 e. The number of piperidine rings is 1. The SMILES string of the molecule is [2H]C1([2H])C(=O)C(C([2H])([2H])C([2H])(C([2H])([2H])[2H])C([2H])([2H])C)CN2CCc3cc(OC)c(OC)cc3C21. The fourth-order valence-electron chi connectivity index (χ4n) is 3.27. The van der Waals surface area contributed by atoms with Crippen LogP contribution in [-0.4, -0.2) is 38.0 Å². The lowest BCUT2D eigenvalue weighted by Gasteiger charge is -2.43. The van der Waals surface area contributed by atoms with Crippen LogP contribution in [0.3, 0.4) is 0 Å². The van der Waals surface area contributed by atoms with Crippen molar-refractivity contribution in [3.05, 3.63) is 23.3 Å². The van der Waals surface area contributed by atoms with E-state index in [2.05, 4.69) is 0 Å². The fraction of sp³-hybridized carbons (Fsp3) is 0.650. The molecule has 1 aromatic carbocycles. The van der Waals surface area contributed by atoms with E-state index < -0.39 is 49.6 Å². The molecule has 0 aliphatic carbocycles. The van der Waals surface area contributed by atoms with Gasteiger partial charge in [0.15, 0.2) is 11.5 Å². The van der Waals surface area contributed by atoms with E-state index in [1.165, 1.54) is 14.2 Å². The molecule has 3 rings (SSSR count). The maximum Gasteiger partial charge on any atom is 0.161 e. The Labute approximate surface area is 159 Å². The van der Waals surface area contributed by atoms with Gasteiger partial charge in [0, 0.05) is 45.1 Å². The standard InChI is InChI=1S/C20H29NO3/c1-5-13(2)8-15-12-21-7-6-14-9-19(23-3)20(24-4)10-16(14)17(21)11-18(15)22/h9-10,13,15,17H,5-8,11-12H2,1-4H3/i2D3,5D2,8D2,11D2,13D. The third-order valence-electron chi connectivity index (χ3n) is 4.55. The molecule has 1 fully saturated rings. The highest BCUT2D eigenvalue weighted by atomic mass is 16.5. The van der Waals surface area contributed by atoms with E-state index in [-0.39, 0.29) is 13.1 Å². The molecule has 0 bridgehead atoms. The Hall–Kier alpha value is -1.55. The molecule has 0 N–H and O–H groups in total. The third kappa shape index (κ3) is 3.16. The predicted octanol–water partition coefficient (Wildman–Crippen LogP) is 3.63. The first kappa shape index (κ1) is 8.70. The Morgan fingerprint density at radius 3 is 2.88 bits per heavy atom. The Morgan fingerprint density at radius 2 is 2.21 bits per heavy atom. The molecule has 0 radical (unpaired) electrons. The highest BCUT2D eigenvalue weighted by Gasteiger charge is 2.38. The molecule has 4 heteroatoms.